The monoisotopic (exact) mass is 669 g/mol. The average Bonchev–Trinajstić information content (AvgIpc) is 2.99. The molecule has 0 saturated heterocycles. The zero-order valence-corrected chi connectivity index (χ0v) is 30.6. The summed E-state index contributed by atoms with van der Waals surface area (Å²) in [5.74, 6) is -0.551. The maximum absolute atomic E-state index is 13.5. The normalized spacial score (nSPS) is 18.2. The number of hydrogen-bond donors (Lipinski definition) is 3. The molecule has 48 heavy (non-hydrogen) atoms. The van der Waals surface area contributed by atoms with Crippen LogP contribution in [0.3, 0.4) is 0 Å². The van der Waals surface area contributed by atoms with Gasteiger partial charge in [-0.25, -0.2) is 0 Å². The quantitative estimate of drug-likeness (QED) is 0.0741. The summed E-state index contributed by atoms with van der Waals surface area (Å²) in [6.45, 7) is 19.8. The Morgan fingerprint density at radius 1 is 0.812 bits per heavy atom. The van der Waals surface area contributed by atoms with E-state index in [9.17, 15) is 14.4 Å². The first-order chi connectivity index (χ1) is 22.7. The van der Waals surface area contributed by atoms with Gasteiger partial charge < -0.3 is 31.4 Å². The predicted molar refractivity (Wildman–Crippen MR) is 193 cm³/mol. The van der Waals surface area contributed by atoms with Crippen LogP contribution in [0, 0.1) is 35.5 Å². The second kappa shape index (κ2) is 20.5. The number of ether oxygens (including phenoxy) is 3. The van der Waals surface area contributed by atoms with Gasteiger partial charge in [-0.3, -0.25) is 14.4 Å². The van der Waals surface area contributed by atoms with E-state index in [0.29, 0.717) is 37.0 Å². The molecule has 5 atom stereocenters. The van der Waals surface area contributed by atoms with E-state index < -0.39 is 17.9 Å². The highest BCUT2D eigenvalue weighted by atomic mass is 16.6. The largest absolute Gasteiger partial charge is 0.426 e. The Bertz CT molecular complexity index is 1260. The van der Waals surface area contributed by atoms with E-state index >= 15 is 0 Å². The van der Waals surface area contributed by atoms with E-state index in [0.717, 1.165) is 44.1 Å². The fraction of sp³-hybridized carbons (Fsp3) is 0.667. The maximum atomic E-state index is 13.5. The zero-order chi connectivity index (χ0) is 36.0. The summed E-state index contributed by atoms with van der Waals surface area (Å²) < 4.78 is 18.1. The average molecular weight is 670 g/mol. The summed E-state index contributed by atoms with van der Waals surface area (Å²) in [6.07, 6.45) is 7.50. The first-order valence-corrected chi connectivity index (χ1v) is 17.9. The summed E-state index contributed by atoms with van der Waals surface area (Å²) in [7, 11) is 0. The van der Waals surface area contributed by atoms with Crippen molar-refractivity contribution in [2.24, 2.45) is 52.7 Å². The highest BCUT2D eigenvalue weighted by molar-refractivity contribution is 5.78. The van der Waals surface area contributed by atoms with Crippen molar-refractivity contribution in [1.82, 2.24) is 0 Å². The molecule has 1 aliphatic carbocycles. The summed E-state index contributed by atoms with van der Waals surface area (Å²) in [5.41, 5.74) is 20.7. The van der Waals surface area contributed by atoms with Gasteiger partial charge in [0.15, 0.2) is 0 Å². The molecule has 0 radical (unpaired) electrons. The van der Waals surface area contributed by atoms with Crippen LogP contribution in [-0.4, -0.2) is 37.5 Å². The Morgan fingerprint density at radius 2 is 1.27 bits per heavy atom. The van der Waals surface area contributed by atoms with Gasteiger partial charge >= 0.3 is 17.9 Å². The molecule has 0 heterocycles. The van der Waals surface area contributed by atoms with Crippen LogP contribution in [0.2, 0.25) is 0 Å². The van der Waals surface area contributed by atoms with E-state index in [-0.39, 0.29) is 66.1 Å². The second-order valence-electron chi connectivity index (χ2n) is 14.8. The third-order valence-corrected chi connectivity index (χ3v) is 9.14. The Morgan fingerprint density at radius 3 is 1.69 bits per heavy atom. The number of carbonyl (C=O) groups is 3. The van der Waals surface area contributed by atoms with E-state index in [1.54, 1.807) is 12.1 Å². The van der Waals surface area contributed by atoms with Gasteiger partial charge in [-0.05, 0) is 101 Å². The molecule has 9 nitrogen and oxygen atoms in total. The number of hydrogen-bond acceptors (Lipinski definition) is 9. The maximum Gasteiger partial charge on any atom is 0.311 e. The van der Waals surface area contributed by atoms with E-state index in [1.165, 1.54) is 5.57 Å². The van der Waals surface area contributed by atoms with Crippen molar-refractivity contribution in [1.29, 1.82) is 0 Å². The minimum absolute atomic E-state index is 0.00737. The van der Waals surface area contributed by atoms with Crippen LogP contribution in [-0.2, 0) is 14.4 Å². The molecule has 0 bridgehead atoms. The highest BCUT2D eigenvalue weighted by Gasteiger charge is 2.33. The molecule has 0 fully saturated rings. The van der Waals surface area contributed by atoms with Gasteiger partial charge in [-0.2, -0.15) is 0 Å². The molecule has 0 aromatic heterocycles. The lowest BCUT2D eigenvalue weighted by Gasteiger charge is -2.32. The van der Waals surface area contributed by atoms with Crippen molar-refractivity contribution >= 4 is 17.9 Å². The van der Waals surface area contributed by atoms with Crippen LogP contribution in [0.25, 0.3) is 0 Å². The van der Waals surface area contributed by atoms with Crippen LogP contribution < -0.4 is 31.4 Å². The van der Waals surface area contributed by atoms with Crippen molar-refractivity contribution in [3.8, 4) is 17.2 Å². The third-order valence-electron chi connectivity index (χ3n) is 9.14. The number of esters is 3. The molecule has 0 unspecified atom stereocenters. The molecule has 1 aliphatic rings. The van der Waals surface area contributed by atoms with Crippen LogP contribution in [0.1, 0.15) is 118 Å². The van der Waals surface area contributed by atoms with Gasteiger partial charge in [-0.1, -0.05) is 64.8 Å². The topological polar surface area (TPSA) is 157 Å². The molecule has 9 heteroatoms. The van der Waals surface area contributed by atoms with Crippen molar-refractivity contribution in [2.45, 2.75) is 112 Å². The molecule has 1 aromatic carbocycles. The number of allylic oxidation sites excluding steroid dienone is 3. The molecule has 1 aromatic rings. The molecule has 6 N–H and O–H groups in total. The lowest BCUT2D eigenvalue weighted by atomic mass is 9.74. The van der Waals surface area contributed by atoms with Gasteiger partial charge in [0.2, 0.25) is 0 Å². The standard InChI is InChI=1S/C39H63N3O6/c1-9-10-28(21-40)16-37(44)47-34-19-31(46-36(43)17-29(22-41)13-24(2)3)20-35(48-38(45)18-30(23-42)14-25(4)5)39(34)33-15-27(8)11-12-32(33)26(6)7/h15,19-20,24-25,28-30,32-33H,6,9-14,16-18,21-23,40-42H2,1-5,7-8H3/t28-,29+,30+,32+,33-/m1/s1. The van der Waals surface area contributed by atoms with E-state index in [4.69, 9.17) is 31.4 Å². The minimum atomic E-state index is -0.465. The molecular formula is C39H63N3O6. The number of carbonyl (C=O) groups excluding carboxylic acids is 3. The van der Waals surface area contributed by atoms with Crippen molar-refractivity contribution in [3.05, 3.63) is 41.5 Å². The van der Waals surface area contributed by atoms with Crippen molar-refractivity contribution in [2.75, 3.05) is 19.6 Å². The van der Waals surface area contributed by atoms with Gasteiger partial charge in [-0.15, -0.1) is 0 Å². The fourth-order valence-corrected chi connectivity index (χ4v) is 6.82. The predicted octanol–water partition coefficient (Wildman–Crippen LogP) is 7.21. The second-order valence-corrected chi connectivity index (χ2v) is 14.8. The first-order valence-electron chi connectivity index (χ1n) is 17.9. The van der Waals surface area contributed by atoms with E-state index in [1.807, 2.05) is 13.8 Å². The Balaban J connectivity index is 2.70. The summed E-state index contributed by atoms with van der Waals surface area (Å²) in [5, 5.41) is 0. The summed E-state index contributed by atoms with van der Waals surface area (Å²) in [4.78, 5) is 40.2. The number of nitrogens with two attached hydrogens (primary N) is 3. The van der Waals surface area contributed by atoms with Gasteiger partial charge in [0.25, 0.3) is 0 Å². The van der Waals surface area contributed by atoms with Crippen LogP contribution >= 0.6 is 0 Å². The Hall–Kier alpha value is -3.01. The zero-order valence-electron chi connectivity index (χ0n) is 30.6. The number of rotatable bonds is 20. The highest BCUT2D eigenvalue weighted by Crippen LogP contribution is 2.48. The van der Waals surface area contributed by atoms with Crippen molar-refractivity contribution in [3.63, 3.8) is 0 Å². The van der Waals surface area contributed by atoms with Gasteiger partial charge in [0.05, 0.1) is 0 Å². The molecule has 0 aliphatic heterocycles. The molecule has 0 amide bonds. The molecule has 0 spiro atoms. The molecular weight excluding hydrogens is 606 g/mol. The number of benzene rings is 1. The van der Waals surface area contributed by atoms with Crippen LogP contribution in [0.4, 0.5) is 0 Å². The summed E-state index contributed by atoms with van der Waals surface area (Å²) >= 11 is 0. The summed E-state index contributed by atoms with van der Waals surface area (Å²) in [6, 6.07) is 3.13. The Labute approximate surface area is 289 Å². The van der Waals surface area contributed by atoms with Crippen molar-refractivity contribution < 1.29 is 28.6 Å². The molecule has 270 valence electrons. The smallest absolute Gasteiger partial charge is 0.311 e. The SMILES string of the molecule is C=C(C)[C@@H]1CCC(C)=C[C@H]1c1c(OC(=O)C[C@H](CN)CCC)cc(OC(=O)C[C@@H](CN)CC(C)C)cc1OC(=O)C[C@@H](CN)CC(C)C. The van der Waals surface area contributed by atoms with E-state index in [2.05, 4.69) is 47.3 Å². The third kappa shape index (κ3) is 13.5. The Kier molecular flexibility index (Phi) is 17.6. The lowest BCUT2D eigenvalue weighted by Crippen LogP contribution is -2.25. The van der Waals surface area contributed by atoms with Crippen LogP contribution in [0.15, 0.2) is 35.9 Å². The first kappa shape index (κ1) is 41.2. The fourth-order valence-electron chi connectivity index (χ4n) is 6.82. The van der Waals surface area contributed by atoms with Gasteiger partial charge in [0.1, 0.15) is 17.2 Å². The minimum Gasteiger partial charge on any atom is -0.426 e. The van der Waals surface area contributed by atoms with Crippen LogP contribution in [0.5, 0.6) is 17.2 Å². The van der Waals surface area contributed by atoms with Gasteiger partial charge in [0, 0.05) is 42.9 Å². The lowest BCUT2D eigenvalue weighted by molar-refractivity contribution is -0.136. The molecule has 2 rings (SSSR count). The molecule has 0 saturated carbocycles.